The average molecular weight is 242 g/mol. The molecule has 0 bridgehead atoms. The zero-order valence-electron chi connectivity index (χ0n) is 9.58. The lowest BCUT2D eigenvalue weighted by Crippen LogP contribution is -2.13. The molecule has 0 aliphatic carbocycles. The van der Waals surface area contributed by atoms with Gasteiger partial charge in [-0.3, -0.25) is 0 Å². The van der Waals surface area contributed by atoms with Crippen LogP contribution in [0.2, 0.25) is 0 Å². The first-order valence-corrected chi connectivity index (χ1v) is 6.86. The Morgan fingerprint density at radius 1 is 0.882 bits per heavy atom. The Hall–Kier alpha value is -1.43. The molecule has 0 radical (unpaired) electrons. The van der Waals surface area contributed by atoms with Gasteiger partial charge >= 0.3 is 0 Å². The molecule has 0 saturated carbocycles. The maximum absolute atomic E-state index is 9.34. The van der Waals surface area contributed by atoms with E-state index in [-0.39, 0.29) is 6.61 Å². The fourth-order valence-electron chi connectivity index (χ4n) is 1.74. The van der Waals surface area contributed by atoms with Crippen LogP contribution in [0.5, 0.6) is 0 Å². The maximum Gasteiger partial charge on any atom is 0.0686 e. The molecule has 17 heavy (non-hydrogen) atoms. The van der Waals surface area contributed by atoms with Crippen molar-refractivity contribution in [2.24, 2.45) is 0 Å². The third-order valence-electron chi connectivity index (χ3n) is 2.53. The Kier molecular flexibility index (Phi) is 4.08. The molecule has 2 heteroatoms. The van der Waals surface area contributed by atoms with Crippen molar-refractivity contribution in [1.82, 2.24) is 0 Å². The molecule has 0 aliphatic rings. The van der Waals surface area contributed by atoms with E-state index in [0.717, 1.165) is 5.31 Å². The lowest BCUT2D eigenvalue weighted by atomic mass is 10.4. The monoisotopic (exact) mass is 242 g/mol. The lowest BCUT2D eigenvalue weighted by molar-refractivity contribution is 0.339. The average Bonchev–Trinajstić information content (AvgIpc) is 2.41. The SMILES string of the molecule is C=C(CO)P(c1ccccc1)c1ccccc1. The smallest absolute Gasteiger partial charge is 0.0686 e. The van der Waals surface area contributed by atoms with E-state index in [1.165, 1.54) is 10.6 Å². The van der Waals surface area contributed by atoms with Crippen molar-refractivity contribution in [3.05, 3.63) is 72.6 Å². The summed E-state index contributed by atoms with van der Waals surface area (Å²) in [6.07, 6.45) is 0. The van der Waals surface area contributed by atoms with Crippen LogP contribution < -0.4 is 10.6 Å². The highest BCUT2D eigenvalue weighted by molar-refractivity contribution is 7.76. The minimum Gasteiger partial charge on any atom is -0.392 e. The lowest BCUT2D eigenvalue weighted by Gasteiger charge is -2.19. The van der Waals surface area contributed by atoms with Crippen molar-refractivity contribution >= 4 is 18.5 Å². The molecule has 0 saturated heterocycles. The summed E-state index contributed by atoms with van der Waals surface area (Å²) in [7, 11) is -0.657. The first-order valence-electron chi connectivity index (χ1n) is 5.52. The van der Waals surface area contributed by atoms with E-state index in [0.29, 0.717) is 0 Å². The fourth-order valence-corrected chi connectivity index (χ4v) is 3.85. The van der Waals surface area contributed by atoms with Crippen LogP contribution in [0.3, 0.4) is 0 Å². The standard InChI is InChI=1S/C15H15OP/c1-13(12-16)17(14-8-4-2-5-9-14)15-10-6-3-7-11-15/h2-11,16H,1,12H2. The molecule has 1 N–H and O–H groups in total. The van der Waals surface area contributed by atoms with Crippen molar-refractivity contribution in [1.29, 1.82) is 0 Å². The van der Waals surface area contributed by atoms with Gasteiger partial charge in [-0.15, -0.1) is 0 Å². The highest BCUT2D eigenvalue weighted by Crippen LogP contribution is 2.41. The van der Waals surface area contributed by atoms with Crippen molar-refractivity contribution in [2.45, 2.75) is 0 Å². The number of rotatable bonds is 4. The van der Waals surface area contributed by atoms with E-state index in [9.17, 15) is 5.11 Å². The Balaban J connectivity index is 2.43. The van der Waals surface area contributed by atoms with Gasteiger partial charge in [0, 0.05) is 0 Å². The first kappa shape index (κ1) is 12.0. The van der Waals surface area contributed by atoms with Gasteiger partial charge in [-0.05, 0) is 23.8 Å². The zero-order valence-corrected chi connectivity index (χ0v) is 10.5. The second-order valence-corrected chi connectivity index (χ2v) is 6.07. The van der Waals surface area contributed by atoms with Gasteiger partial charge in [0.05, 0.1) is 6.61 Å². The molecule has 0 unspecified atom stereocenters. The van der Waals surface area contributed by atoms with Crippen molar-refractivity contribution in [2.75, 3.05) is 6.61 Å². The van der Waals surface area contributed by atoms with Crippen LogP contribution in [0.25, 0.3) is 0 Å². The zero-order chi connectivity index (χ0) is 12.1. The fraction of sp³-hybridized carbons (Fsp3) is 0.0667. The van der Waals surface area contributed by atoms with Gasteiger partial charge in [0.1, 0.15) is 0 Å². The summed E-state index contributed by atoms with van der Waals surface area (Å²) in [5, 5.41) is 12.7. The van der Waals surface area contributed by atoms with Gasteiger partial charge < -0.3 is 5.11 Å². The van der Waals surface area contributed by atoms with E-state index in [4.69, 9.17) is 0 Å². The molecule has 2 rings (SSSR count). The highest BCUT2D eigenvalue weighted by atomic mass is 31.1. The minimum absolute atomic E-state index is 0.0372. The Labute approximate surface area is 103 Å². The normalized spacial score (nSPS) is 10.5. The minimum atomic E-state index is -0.657. The molecule has 0 spiro atoms. The van der Waals surface area contributed by atoms with Crippen LogP contribution in [0, 0.1) is 0 Å². The summed E-state index contributed by atoms with van der Waals surface area (Å²) >= 11 is 0. The molecule has 0 atom stereocenters. The Morgan fingerprint density at radius 2 is 1.29 bits per heavy atom. The van der Waals surface area contributed by atoms with Gasteiger partial charge in [0.15, 0.2) is 0 Å². The number of aliphatic hydroxyl groups excluding tert-OH is 1. The van der Waals surface area contributed by atoms with E-state index >= 15 is 0 Å². The van der Waals surface area contributed by atoms with Crippen LogP contribution in [0.1, 0.15) is 0 Å². The molecule has 1 nitrogen and oxygen atoms in total. The summed E-state index contributed by atoms with van der Waals surface area (Å²) in [4.78, 5) is 0. The van der Waals surface area contributed by atoms with Crippen molar-refractivity contribution < 1.29 is 5.11 Å². The number of hydrogen-bond acceptors (Lipinski definition) is 1. The predicted octanol–water partition coefficient (Wildman–Crippen LogP) is 2.63. The van der Waals surface area contributed by atoms with Crippen LogP contribution in [0.15, 0.2) is 72.6 Å². The molecule has 2 aromatic carbocycles. The molecule has 0 amide bonds. The van der Waals surface area contributed by atoms with E-state index < -0.39 is 7.92 Å². The molecule has 2 aromatic rings. The Bertz CT molecular complexity index is 439. The van der Waals surface area contributed by atoms with E-state index in [1.54, 1.807) is 0 Å². The highest BCUT2D eigenvalue weighted by Gasteiger charge is 2.15. The van der Waals surface area contributed by atoms with E-state index in [2.05, 4.69) is 30.8 Å². The third kappa shape index (κ3) is 2.82. The molecule has 0 fully saturated rings. The van der Waals surface area contributed by atoms with Gasteiger partial charge in [-0.2, -0.15) is 0 Å². The van der Waals surface area contributed by atoms with Crippen LogP contribution in [-0.4, -0.2) is 11.7 Å². The van der Waals surface area contributed by atoms with Crippen LogP contribution in [0.4, 0.5) is 0 Å². The number of benzene rings is 2. The quantitative estimate of drug-likeness (QED) is 0.817. The predicted molar refractivity (Wildman–Crippen MR) is 75.3 cm³/mol. The first-order chi connectivity index (χ1) is 8.33. The van der Waals surface area contributed by atoms with Crippen molar-refractivity contribution in [3.63, 3.8) is 0 Å². The molecule has 0 heterocycles. The second-order valence-electron chi connectivity index (χ2n) is 3.73. The van der Waals surface area contributed by atoms with Crippen LogP contribution >= 0.6 is 7.92 Å². The molecule has 0 aromatic heterocycles. The summed E-state index contributed by atoms with van der Waals surface area (Å²) in [5.41, 5.74) is 0. The second kappa shape index (κ2) is 5.77. The molecule has 0 aliphatic heterocycles. The van der Waals surface area contributed by atoms with E-state index in [1.807, 2.05) is 36.4 Å². The number of hydrogen-bond donors (Lipinski definition) is 1. The van der Waals surface area contributed by atoms with Crippen LogP contribution in [-0.2, 0) is 0 Å². The Morgan fingerprint density at radius 3 is 1.65 bits per heavy atom. The van der Waals surface area contributed by atoms with Gasteiger partial charge in [-0.25, -0.2) is 0 Å². The molecular formula is C15H15OP. The summed E-state index contributed by atoms with van der Waals surface area (Å²) in [5.74, 6) is 0. The topological polar surface area (TPSA) is 20.2 Å². The molecular weight excluding hydrogens is 227 g/mol. The third-order valence-corrected chi connectivity index (χ3v) is 4.93. The largest absolute Gasteiger partial charge is 0.392 e. The summed E-state index contributed by atoms with van der Waals surface area (Å²) in [6, 6.07) is 20.5. The summed E-state index contributed by atoms with van der Waals surface area (Å²) < 4.78 is 0. The number of aliphatic hydroxyl groups is 1. The van der Waals surface area contributed by atoms with Gasteiger partial charge in [0.2, 0.25) is 0 Å². The summed E-state index contributed by atoms with van der Waals surface area (Å²) in [6.45, 7) is 4.04. The maximum atomic E-state index is 9.34. The van der Waals surface area contributed by atoms with Gasteiger partial charge in [0.25, 0.3) is 0 Å². The van der Waals surface area contributed by atoms with Gasteiger partial charge in [-0.1, -0.05) is 67.2 Å². The molecule has 86 valence electrons. The van der Waals surface area contributed by atoms with Crippen molar-refractivity contribution in [3.8, 4) is 0 Å².